The zero-order valence-electron chi connectivity index (χ0n) is 5.51. The molecule has 8 heavy (non-hydrogen) atoms. The molecule has 0 bridgehead atoms. The second-order valence-corrected chi connectivity index (χ2v) is 1.76. The lowest BCUT2D eigenvalue weighted by Crippen LogP contribution is -2.36. The topological polar surface area (TPSA) is 23.6 Å². The van der Waals surface area contributed by atoms with Crippen LogP contribution in [0.3, 0.4) is 0 Å². The number of carbonyl (C=O) groups excluding carboxylic acids is 1. The molecule has 0 saturated heterocycles. The van der Waals surface area contributed by atoms with Gasteiger partial charge in [0.2, 0.25) is 5.91 Å². The second-order valence-electron chi connectivity index (χ2n) is 1.76. The Bertz CT molecular complexity index is 90.4. The van der Waals surface area contributed by atoms with Crippen molar-refractivity contribution in [3.8, 4) is 0 Å². The normalized spacial score (nSPS) is 9.62. The largest absolute Gasteiger partial charge is 0.279 e. The Labute approximate surface area is 49.9 Å². The van der Waals surface area contributed by atoms with Crippen molar-refractivity contribution in [2.75, 3.05) is 21.1 Å². The predicted molar refractivity (Wildman–Crippen MR) is 31.8 cm³/mol. The van der Waals surface area contributed by atoms with Crippen LogP contribution in [0.25, 0.3) is 0 Å². The first kappa shape index (κ1) is 7.43. The fourth-order valence-corrected chi connectivity index (χ4v) is 0.223. The Morgan fingerprint density at radius 3 is 1.75 bits per heavy atom. The van der Waals surface area contributed by atoms with Gasteiger partial charge < -0.3 is 0 Å². The third-order valence-electron chi connectivity index (χ3n) is 0.961. The highest BCUT2D eigenvalue weighted by Crippen LogP contribution is 1.83. The zero-order valence-corrected chi connectivity index (χ0v) is 5.51. The molecule has 0 aliphatic heterocycles. The van der Waals surface area contributed by atoms with Crippen LogP contribution in [0.5, 0.6) is 0 Å². The average Bonchev–Trinajstić information content (AvgIpc) is 1.64. The van der Waals surface area contributed by atoms with Crippen LogP contribution in [0.4, 0.5) is 0 Å². The van der Waals surface area contributed by atoms with Gasteiger partial charge in [0, 0.05) is 28.1 Å². The van der Waals surface area contributed by atoms with Crippen LogP contribution in [0, 0.1) is 6.92 Å². The predicted octanol–water partition coefficient (Wildman–Crippen LogP) is -0.245. The molecule has 0 spiro atoms. The molecule has 0 aromatic carbocycles. The number of hydrogen-bond donors (Lipinski definition) is 0. The first-order valence-corrected chi connectivity index (χ1v) is 2.32. The van der Waals surface area contributed by atoms with E-state index in [2.05, 4.69) is 6.92 Å². The maximum Gasteiger partial charge on any atom is 0.237 e. The summed E-state index contributed by atoms with van der Waals surface area (Å²) in [6.45, 7) is 3.20. The van der Waals surface area contributed by atoms with Gasteiger partial charge in [-0.15, -0.1) is 0 Å². The molecule has 0 saturated carbocycles. The van der Waals surface area contributed by atoms with E-state index in [0.29, 0.717) is 0 Å². The lowest BCUT2D eigenvalue weighted by Gasteiger charge is -2.21. The molecule has 0 rings (SSSR count). The second kappa shape index (κ2) is 2.67. The van der Waals surface area contributed by atoms with Gasteiger partial charge in [0.1, 0.15) is 0 Å². The number of hydrogen-bond acceptors (Lipinski definition) is 2. The molecule has 0 heterocycles. The van der Waals surface area contributed by atoms with Crippen molar-refractivity contribution >= 4 is 5.91 Å². The first-order valence-electron chi connectivity index (χ1n) is 2.32. The van der Waals surface area contributed by atoms with E-state index in [0.717, 1.165) is 0 Å². The van der Waals surface area contributed by atoms with E-state index in [9.17, 15) is 4.79 Å². The fourth-order valence-electron chi connectivity index (χ4n) is 0.223. The zero-order chi connectivity index (χ0) is 6.73. The lowest BCUT2D eigenvalue weighted by molar-refractivity contribution is -0.136. The summed E-state index contributed by atoms with van der Waals surface area (Å²) in [5, 5.41) is 3.08. The van der Waals surface area contributed by atoms with Gasteiger partial charge in [-0.25, -0.2) is 5.01 Å². The number of nitrogens with zero attached hydrogens (tertiary/aromatic N) is 2. The van der Waals surface area contributed by atoms with Gasteiger partial charge in [0.05, 0.1) is 0 Å². The molecule has 1 amide bonds. The SMILES string of the molecule is [CH2]C(=O)N(C)N(C)C. The highest BCUT2D eigenvalue weighted by Gasteiger charge is 2.01. The van der Waals surface area contributed by atoms with Gasteiger partial charge >= 0.3 is 0 Å². The Hall–Kier alpha value is -0.570. The van der Waals surface area contributed by atoms with Gasteiger partial charge in [-0.2, -0.15) is 0 Å². The van der Waals surface area contributed by atoms with E-state index in [1.165, 1.54) is 5.01 Å². The molecule has 0 unspecified atom stereocenters. The Morgan fingerprint density at radius 2 is 1.75 bits per heavy atom. The van der Waals surface area contributed by atoms with E-state index in [-0.39, 0.29) is 5.91 Å². The minimum Gasteiger partial charge on any atom is -0.279 e. The van der Waals surface area contributed by atoms with E-state index in [1.54, 1.807) is 26.2 Å². The Balaban J connectivity index is 3.64. The molecular formula is C5H11N2O. The third kappa shape index (κ3) is 1.93. The monoisotopic (exact) mass is 115 g/mol. The van der Waals surface area contributed by atoms with Crippen molar-refractivity contribution in [1.82, 2.24) is 10.0 Å². The van der Waals surface area contributed by atoms with Gasteiger partial charge in [-0.1, -0.05) is 0 Å². The summed E-state index contributed by atoms with van der Waals surface area (Å²) >= 11 is 0. The van der Waals surface area contributed by atoms with Crippen LogP contribution >= 0.6 is 0 Å². The summed E-state index contributed by atoms with van der Waals surface area (Å²) in [7, 11) is 5.22. The molecular weight excluding hydrogens is 104 g/mol. The van der Waals surface area contributed by atoms with Crippen LogP contribution in [-0.2, 0) is 4.79 Å². The molecule has 3 nitrogen and oxygen atoms in total. The lowest BCUT2D eigenvalue weighted by atomic mass is 10.7. The summed E-state index contributed by atoms with van der Waals surface area (Å²) in [6.07, 6.45) is 0. The van der Waals surface area contributed by atoms with Crippen molar-refractivity contribution in [3.63, 3.8) is 0 Å². The van der Waals surface area contributed by atoms with Gasteiger partial charge in [-0.3, -0.25) is 9.80 Å². The van der Waals surface area contributed by atoms with Crippen LogP contribution in [0.1, 0.15) is 0 Å². The summed E-state index contributed by atoms with van der Waals surface area (Å²) in [5.74, 6) is -0.199. The quantitative estimate of drug-likeness (QED) is 0.440. The van der Waals surface area contributed by atoms with Crippen LogP contribution < -0.4 is 0 Å². The van der Waals surface area contributed by atoms with E-state index < -0.39 is 0 Å². The molecule has 0 aliphatic rings. The first-order chi connectivity index (χ1) is 3.55. The summed E-state index contributed by atoms with van der Waals surface area (Å²) in [6, 6.07) is 0. The van der Waals surface area contributed by atoms with Crippen molar-refractivity contribution in [2.24, 2.45) is 0 Å². The summed E-state index contributed by atoms with van der Waals surface area (Å²) in [4.78, 5) is 10.4. The van der Waals surface area contributed by atoms with Crippen LogP contribution in [-0.4, -0.2) is 37.1 Å². The maximum atomic E-state index is 10.4. The molecule has 3 heteroatoms. The molecule has 0 aromatic heterocycles. The van der Waals surface area contributed by atoms with E-state index >= 15 is 0 Å². The fraction of sp³-hybridized carbons (Fsp3) is 0.600. The van der Waals surface area contributed by atoms with Crippen molar-refractivity contribution in [2.45, 2.75) is 0 Å². The highest BCUT2D eigenvalue weighted by molar-refractivity contribution is 5.79. The van der Waals surface area contributed by atoms with Crippen molar-refractivity contribution in [3.05, 3.63) is 6.92 Å². The van der Waals surface area contributed by atoms with Crippen molar-refractivity contribution < 1.29 is 4.79 Å². The van der Waals surface area contributed by atoms with E-state index in [1.807, 2.05) is 0 Å². The molecule has 0 aromatic rings. The minimum atomic E-state index is -0.199. The molecule has 0 N–H and O–H groups in total. The van der Waals surface area contributed by atoms with E-state index in [4.69, 9.17) is 0 Å². The van der Waals surface area contributed by atoms with Gasteiger partial charge in [-0.05, 0) is 0 Å². The molecule has 1 radical (unpaired) electrons. The number of carbonyl (C=O) groups is 1. The smallest absolute Gasteiger partial charge is 0.237 e. The maximum absolute atomic E-state index is 10.4. The number of amides is 1. The Morgan fingerprint density at radius 1 is 1.38 bits per heavy atom. The summed E-state index contributed by atoms with van der Waals surface area (Å²) in [5.41, 5.74) is 0. The summed E-state index contributed by atoms with van der Waals surface area (Å²) < 4.78 is 0. The Kier molecular flexibility index (Phi) is 2.48. The molecule has 0 aliphatic carbocycles. The van der Waals surface area contributed by atoms with Gasteiger partial charge in [0.15, 0.2) is 0 Å². The van der Waals surface area contributed by atoms with Gasteiger partial charge in [0.25, 0.3) is 0 Å². The average molecular weight is 115 g/mol. The highest BCUT2D eigenvalue weighted by atomic mass is 16.2. The number of hydrazine groups is 1. The third-order valence-corrected chi connectivity index (χ3v) is 0.961. The standard InChI is InChI=1S/C5H11N2O/c1-5(8)7(4)6(2)3/h1H2,2-4H3. The molecule has 0 atom stereocenters. The van der Waals surface area contributed by atoms with Crippen LogP contribution in [0.15, 0.2) is 0 Å². The number of rotatable bonds is 1. The minimum absolute atomic E-state index is 0.199. The van der Waals surface area contributed by atoms with Crippen molar-refractivity contribution in [1.29, 1.82) is 0 Å². The molecule has 0 fully saturated rings. The molecule has 47 valence electrons. The van der Waals surface area contributed by atoms with Crippen LogP contribution in [0.2, 0.25) is 0 Å².